The maximum absolute atomic E-state index is 13.1. The molecule has 2 heterocycles. The molecule has 2 unspecified atom stereocenters. The van der Waals surface area contributed by atoms with Crippen LogP contribution < -0.4 is 0 Å². The van der Waals surface area contributed by atoms with E-state index in [2.05, 4.69) is 5.16 Å². The number of ether oxygens (including phenoxy) is 1. The Morgan fingerprint density at radius 1 is 1.21 bits per heavy atom. The van der Waals surface area contributed by atoms with E-state index in [0.29, 0.717) is 45.7 Å². The lowest BCUT2D eigenvalue weighted by molar-refractivity contribution is -0.0586. The van der Waals surface area contributed by atoms with E-state index in [1.807, 2.05) is 13.8 Å². The largest absolute Gasteiger partial charge is 0.372 e. The normalized spacial score (nSPS) is 21.1. The fourth-order valence-electron chi connectivity index (χ4n) is 3.02. The molecule has 0 radical (unpaired) electrons. The lowest BCUT2D eigenvalue weighted by Gasteiger charge is -2.35. The Kier molecular flexibility index (Phi) is 4.85. The van der Waals surface area contributed by atoms with Crippen LogP contribution in [0.15, 0.2) is 22.7 Å². The number of hydrogen-bond donors (Lipinski definition) is 0. The molecule has 0 bridgehead atoms. The predicted molar refractivity (Wildman–Crippen MR) is 92.6 cm³/mol. The molecule has 1 fully saturated rings. The van der Waals surface area contributed by atoms with Gasteiger partial charge in [0.05, 0.1) is 22.3 Å². The summed E-state index contributed by atoms with van der Waals surface area (Å²) in [4.78, 5) is 14.8. The van der Waals surface area contributed by atoms with Crippen molar-refractivity contribution in [2.45, 2.75) is 33.0 Å². The summed E-state index contributed by atoms with van der Waals surface area (Å²) in [5.74, 6) is 0.291. The summed E-state index contributed by atoms with van der Waals surface area (Å²) < 4.78 is 11.0. The van der Waals surface area contributed by atoms with Gasteiger partial charge >= 0.3 is 0 Å². The van der Waals surface area contributed by atoms with E-state index in [0.717, 1.165) is 0 Å². The predicted octanol–water partition coefficient (Wildman–Crippen LogP) is 4.21. The highest BCUT2D eigenvalue weighted by atomic mass is 35.5. The van der Waals surface area contributed by atoms with Crippen molar-refractivity contribution in [2.24, 2.45) is 0 Å². The zero-order valence-electron chi connectivity index (χ0n) is 13.7. The smallest absolute Gasteiger partial charge is 0.259 e. The Morgan fingerprint density at radius 2 is 1.79 bits per heavy atom. The van der Waals surface area contributed by atoms with Gasteiger partial charge in [-0.15, -0.1) is 0 Å². The number of carbonyl (C=O) groups is 1. The van der Waals surface area contributed by atoms with Gasteiger partial charge in [0.1, 0.15) is 17.0 Å². The standard InChI is InChI=1S/C17H18Cl2N2O3/c1-9-7-21(8-10(2)23-9)17(22)14-11(3)24-20-16(14)15-12(18)5-4-6-13(15)19/h4-6,9-10H,7-8H2,1-3H3. The first-order chi connectivity index (χ1) is 11.4. The molecular weight excluding hydrogens is 351 g/mol. The second kappa shape index (κ2) is 6.75. The van der Waals surface area contributed by atoms with E-state index in [9.17, 15) is 4.79 Å². The number of amides is 1. The number of aromatic nitrogens is 1. The summed E-state index contributed by atoms with van der Waals surface area (Å²) in [6, 6.07) is 5.16. The average molecular weight is 369 g/mol. The molecule has 1 amide bonds. The van der Waals surface area contributed by atoms with Crippen LogP contribution in [0.5, 0.6) is 0 Å². The zero-order valence-corrected chi connectivity index (χ0v) is 15.2. The Labute approximate surface area is 150 Å². The number of benzene rings is 1. The van der Waals surface area contributed by atoms with Crippen LogP contribution in [0.25, 0.3) is 11.3 Å². The molecule has 24 heavy (non-hydrogen) atoms. The van der Waals surface area contributed by atoms with E-state index >= 15 is 0 Å². The molecule has 0 saturated carbocycles. The Morgan fingerprint density at radius 3 is 2.38 bits per heavy atom. The second-order valence-corrected chi connectivity index (χ2v) is 6.84. The van der Waals surface area contributed by atoms with Gasteiger partial charge in [-0.3, -0.25) is 4.79 Å². The van der Waals surface area contributed by atoms with Crippen LogP contribution in [0.1, 0.15) is 30.0 Å². The topological polar surface area (TPSA) is 55.6 Å². The lowest BCUT2D eigenvalue weighted by Crippen LogP contribution is -2.48. The third-order valence-corrected chi connectivity index (χ3v) is 4.61. The van der Waals surface area contributed by atoms with Crippen LogP contribution >= 0.6 is 23.2 Å². The molecule has 128 valence electrons. The summed E-state index contributed by atoms with van der Waals surface area (Å²) in [5, 5.41) is 4.89. The molecule has 3 rings (SSSR count). The quantitative estimate of drug-likeness (QED) is 0.796. The van der Waals surface area contributed by atoms with Crippen molar-refractivity contribution in [3.8, 4) is 11.3 Å². The van der Waals surface area contributed by atoms with Gasteiger partial charge < -0.3 is 14.2 Å². The summed E-state index contributed by atoms with van der Waals surface area (Å²) in [7, 11) is 0. The molecule has 5 nitrogen and oxygen atoms in total. The minimum Gasteiger partial charge on any atom is -0.372 e. The van der Waals surface area contributed by atoms with E-state index in [1.54, 1.807) is 30.0 Å². The molecule has 1 aromatic carbocycles. The zero-order chi connectivity index (χ0) is 17.4. The Hall–Kier alpha value is -1.56. The summed E-state index contributed by atoms with van der Waals surface area (Å²) in [5.41, 5.74) is 1.28. The molecule has 0 spiro atoms. The lowest BCUT2D eigenvalue weighted by atomic mass is 10.0. The van der Waals surface area contributed by atoms with Gasteiger partial charge in [-0.1, -0.05) is 34.4 Å². The van der Waals surface area contributed by atoms with Crippen LogP contribution in [0, 0.1) is 6.92 Å². The van der Waals surface area contributed by atoms with Crippen LogP contribution in [0.2, 0.25) is 10.0 Å². The Bertz CT molecular complexity index is 745. The fraction of sp³-hybridized carbons (Fsp3) is 0.412. The number of rotatable bonds is 2. The van der Waals surface area contributed by atoms with Gasteiger partial charge in [0.25, 0.3) is 5.91 Å². The van der Waals surface area contributed by atoms with Crippen LogP contribution in [-0.2, 0) is 4.74 Å². The van der Waals surface area contributed by atoms with Gasteiger partial charge in [-0.05, 0) is 32.9 Å². The molecular formula is C17H18Cl2N2O3. The van der Waals surface area contributed by atoms with Crippen LogP contribution in [0.3, 0.4) is 0 Å². The van der Waals surface area contributed by atoms with Crippen molar-refractivity contribution in [3.63, 3.8) is 0 Å². The minimum atomic E-state index is -0.151. The van der Waals surface area contributed by atoms with Crippen molar-refractivity contribution in [3.05, 3.63) is 39.6 Å². The van der Waals surface area contributed by atoms with Crippen molar-refractivity contribution >= 4 is 29.1 Å². The molecule has 1 aliphatic heterocycles. The summed E-state index contributed by atoms with van der Waals surface area (Å²) >= 11 is 12.5. The van der Waals surface area contributed by atoms with Crippen molar-refractivity contribution < 1.29 is 14.1 Å². The number of hydrogen-bond acceptors (Lipinski definition) is 4. The van der Waals surface area contributed by atoms with E-state index in [1.165, 1.54) is 0 Å². The van der Waals surface area contributed by atoms with Gasteiger partial charge in [-0.2, -0.15) is 0 Å². The minimum absolute atomic E-state index is 0.0229. The van der Waals surface area contributed by atoms with E-state index in [-0.39, 0.29) is 18.1 Å². The molecule has 1 aromatic heterocycles. The highest BCUT2D eigenvalue weighted by molar-refractivity contribution is 6.39. The summed E-state index contributed by atoms with van der Waals surface area (Å²) in [6.45, 7) is 6.64. The van der Waals surface area contributed by atoms with Crippen LogP contribution in [0.4, 0.5) is 0 Å². The highest BCUT2D eigenvalue weighted by Gasteiger charge is 2.32. The molecule has 0 aliphatic carbocycles. The maximum atomic E-state index is 13.1. The third-order valence-electron chi connectivity index (χ3n) is 3.98. The molecule has 1 saturated heterocycles. The number of nitrogens with zero attached hydrogens (tertiary/aromatic N) is 2. The number of halogens is 2. The summed E-state index contributed by atoms with van der Waals surface area (Å²) in [6.07, 6.45) is -0.0459. The Balaban J connectivity index is 2.03. The van der Waals surface area contributed by atoms with Crippen molar-refractivity contribution in [2.75, 3.05) is 13.1 Å². The van der Waals surface area contributed by atoms with Crippen molar-refractivity contribution in [1.82, 2.24) is 10.1 Å². The average Bonchev–Trinajstić information content (AvgIpc) is 2.87. The molecule has 2 aromatic rings. The molecule has 2 atom stereocenters. The van der Waals surface area contributed by atoms with E-state index in [4.69, 9.17) is 32.5 Å². The van der Waals surface area contributed by atoms with E-state index < -0.39 is 0 Å². The fourth-order valence-corrected chi connectivity index (χ4v) is 3.60. The van der Waals surface area contributed by atoms with Gasteiger partial charge in [-0.25, -0.2) is 0 Å². The molecule has 1 aliphatic rings. The monoisotopic (exact) mass is 368 g/mol. The van der Waals surface area contributed by atoms with Gasteiger partial charge in [0.15, 0.2) is 0 Å². The molecule has 0 N–H and O–H groups in total. The number of carbonyl (C=O) groups excluding carboxylic acids is 1. The molecule has 7 heteroatoms. The highest BCUT2D eigenvalue weighted by Crippen LogP contribution is 2.37. The number of aryl methyl sites for hydroxylation is 1. The van der Waals surface area contributed by atoms with Crippen LogP contribution in [-0.4, -0.2) is 41.3 Å². The first kappa shape index (κ1) is 17.3. The number of morpholine rings is 1. The van der Waals surface area contributed by atoms with Crippen molar-refractivity contribution in [1.29, 1.82) is 0 Å². The maximum Gasteiger partial charge on any atom is 0.259 e. The first-order valence-electron chi connectivity index (χ1n) is 7.74. The first-order valence-corrected chi connectivity index (χ1v) is 8.49. The van der Waals surface area contributed by atoms with Gasteiger partial charge in [0, 0.05) is 18.7 Å². The SMILES string of the molecule is Cc1onc(-c2c(Cl)cccc2Cl)c1C(=O)N1CC(C)OC(C)C1. The third kappa shape index (κ3) is 3.16. The van der Waals surface area contributed by atoms with Gasteiger partial charge in [0.2, 0.25) is 0 Å². The second-order valence-electron chi connectivity index (χ2n) is 6.03.